The van der Waals surface area contributed by atoms with Crippen LogP contribution in [0.25, 0.3) is 0 Å². The third-order valence-electron chi connectivity index (χ3n) is 2.01. The van der Waals surface area contributed by atoms with E-state index in [1.807, 2.05) is 0 Å². The first kappa shape index (κ1) is 9.45. The molecule has 1 aliphatic heterocycles. The molecule has 1 saturated heterocycles. The van der Waals surface area contributed by atoms with Gasteiger partial charge in [0.2, 0.25) is 0 Å². The van der Waals surface area contributed by atoms with Gasteiger partial charge in [0.05, 0.1) is 6.10 Å². The van der Waals surface area contributed by atoms with Gasteiger partial charge in [-0.1, -0.05) is 0 Å². The summed E-state index contributed by atoms with van der Waals surface area (Å²) in [5, 5.41) is 8.28. The van der Waals surface area contributed by atoms with Crippen molar-refractivity contribution in [3.63, 3.8) is 0 Å². The number of carbonyl (C=O) groups is 1. The first-order valence-electron chi connectivity index (χ1n) is 4.18. The quantitative estimate of drug-likeness (QED) is 0.706. The van der Waals surface area contributed by atoms with Gasteiger partial charge in [0.1, 0.15) is 0 Å². The molecule has 0 radical (unpaired) electrons. The second-order valence-electron chi connectivity index (χ2n) is 3.03. The molecule has 1 heterocycles. The van der Waals surface area contributed by atoms with Crippen LogP contribution in [0.2, 0.25) is 0 Å². The zero-order chi connectivity index (χ0) is 8.97. The number of hydrogen-bond acceptors (Lipinski definition) is 2. The van der Waals surface area contributed by atoms with Gasteiger partial charge in [-0.05, 0) is 19.3 Å². The van der Waals surface area contributed by atoms with Gasteiger partial charge >= 0.3 is 5.97 Å². The maximum atomic E-state index is 12.6. The van der Waals surface area contributed by atoms with Crippen LogP contribution in [0.3, 0.4) is 0 Å². The highest BCUT2D eigenvalue weighted by Crippen LogP contribution is 2.18. The van der Waals surface area contributed by atoms with Crippen LogP contribution in [0.5, 0.6) is 0 Å². The minimum absolute atomic E-state index is 0.00463. The van der Waals surface area contributed by atoms with Crippen molar-refractivity contribution in [2.24, 2.45) is 0 Å². The van der Waals surface area contributed by atoms with Crippen LogP contribution in [-0.2, 0) is 9.53 Å². The molecule has 0 aromatic carbocycles. The fraction of sp³-hybridized carbons (Fsp3) is 0.875. The fourth-order valence-electron chi connectivity index (χ4n) is 1.32. The Morgan fingerprint density at radius 3 is 2.92 bits per heavy atom. The average molecular weight is 176 g/mol. The molecule has 0 unspecified atom stereocenters. The maximum Gasteiger partial charge on any atom is 0.338 e. The molecule has 0 amide bonds. The SMILES string of the molecule is O=C(O)[C@H](F)C[C@H]1CCCCO1. The summed E-state index contributed by atoms with van der Waals surface area (Å²) in [4.78, 5) is 10.1. The van der Waals surface area contributed by atoms with Gasteiger partial charge in [0, 0.05) is 13.0 Å². The van der Waals surface area contributed by atoms with Crippen LogP contribution in [0, 0.1) is 0 Å². The lowest BCUT2D eigenvalue weighted by Crippen LogP contribution is -2.26. The smallest absolute Gasteiger partial charge is 0.338 e. The van der Waals surface area contributed by atoms with Crippen molar-refractivity contribution >= 4 is 5.97 Å². The lowest BCUT2D eigenvalue weighted by molar-refractivity contribution is -0.144. The Morgan fingerprint density at radius 2 is 2.42 bits per heavy atom. The van der Waals surface area contributed by atoms with Crippen molar-refractivity contribution in [3.05, 3.63) is 0 Å². The Balaban J connectivity index is 2.24. The summed E-state index contributed by atoms with van der Waals surface area (Å²) in [7, 11) is 0. The molecule has 2 atom stereocenters. The molecule has 12 heavy (non-hydrogen) atoms. The molecule has 1 rings (SSSR count). The standard InChI is InChI=1S/C8H13FO3/c9-7(8(10)11)5-6-3-1-2-4-12-6/h6-7H,1-5H2,(H,10,11)/t6-,7-/m1/s1. The first-order valence-corrected chi connectivity index (χ1v) is 4.18. The van der Waals surface area contributed by atoms with Crippen LogP contribution < -0.4 is 0 Å². The van der Waals surface area contributed by atoms with Crippen molar-refractivity contribution in [3.8, 4) is 0 Å². The number of rotatable bonds is 3. The third-order valence-corrected chi connectivity index (χ3v) is 2.01. The predicted octanol–water partition coefficient (Wildman–Crippen LogP) is 1.37. The summed E-state index contributed by atoms with van der Waals surface area (Å²) in [5.41, 5.74) is 0. The number of aliphatic carboxylic acids is 1. The number of carboxylic acid groups (broad SMARTS) is 1. The van der Waals surface area contributed by atoms with E-state index in [9.17, 15) is 9.18 Å². The molecule has 0 aromatic heterocycles. The van der Waals surface area contributed by atoms with E-state index in [1.54, 1.807) is 0 Å². The Bertz CT molecular complexity index is 154. The average Bonchev–Trinajstić information content (AvgIpc) is 2.06. The van der Waals surface area contributed by atoms with E-state index in [-0.39, 0.29) is 12.5 Å². The van der Waals surface area contributed by atoms with Crippen molar-refractivity contribution in [2.75, 3.05) is 6.61 Å². The predicted molar refractivity (Wildman–Crippen MR) is 40.7 cm³/mol. The normalized spacial score (nSPS) is 26.6. The van der Waals surface area contributed by atoms with Gasteiger partial charge in [-0.2, -0.15) is 0 Å². The monoisotopic (exact) mass is 176 g/mol. The molecular formula is C8H13FO3. The Kier molecular flexibility index (Phi) is 3.47. The number of ether oxygens (including phenoxy) is 1. The topological polar surface area (TPSA) is 46.5 Å². The molecule has 1 aliphatic rings. The number of carboxylic acids is 1. The summed E-state index contributed by atoms with van der Waals surface area (Å²) in [6.45, 7) is 0.636. The molecule has 1 fully saturated rings. The van der Waals surface area contributed by atoms with Gasteiger partial charge in [-0.15, -0.1) is 0 Å². The van der Waals surface area contributed by atoms with E-state index >= 15 is 0 Å². The largest absolute Gasteiger partial charge is 0.479 e. The molecule has 0 bridgehead atoms. The zero-order valence-electron chi connectivity index (χ0n) is 6.83. The maximum absolute atomic E-state index is 12.6. The van der Waals surface area contributed by atoms with Gasteiger partial charge < -0.3 is 9.84 Å². The number of halogens is 1. The van der Waals surface area contributed by atoms with E-state index in [2.05, 4.69) is 0 Å². The van der Waals surface area contributed by atoms with Crippen molar-refractivity contribution < 1.29 is 19.0 Å². The van der Waals surface area contributed by atoms with Gasteiger partial charge in [-0.25, -0.2) is 9.18 Å². The summed E-state index contributed by atoms with van der Waals surface area (Å²) in [6, 6.07) is 0. The van der Waals surface area contributed by atoms with E-state index in [1.165, 1.54) is 0 Å². The summed E-state index contributed by atoms with van der Waals surface area (Å²) >= 11 is 0. The van der Waals surface area contributed by atoms with Crippen LogP contribution in [0.4, 0.5) is 4.39 Å². The zero-order valence-corrected chi connectivity index (χ0v) is 6.83. The van der Waals surface area contributed by atoms with Crippen LogP contribution in [-0.4, -0.2) is 30.0 Å². The minimum atomic E-state index is -1.77. The van der Waals surface area contributed by atoms with Crippen molar-refractivity contribution in [1.82, 2.24) is 0 Å². The third kappa shape index (κ3) is 2.77. The van der Waals surface area contributed by atoms with E-state index < -0.39 is 12.1 Å². The van der Waals surface area contributed by atoms with E-state index in [0.29, 0.717) is 6.61 Å². The van der Waals surface area contributed by atoms with Crippen LogP contribution in [0.15, 0.2) is 0 Å². The highest BCUT2D eigenvalue weighted by atomic mass is 19.1. The molecule has 0 aliphatic carbocycles. The second-order valence-corrected chi connectivity index (χ2v) is 3.03. The van der Waals surface area contributed by atoms with Crippen molar-refractivity contribution in [2.45, 2.75) is 38.0 Å². The first-order chi connectivity index (χ1) is 5.70. The Hall–Kier alpha value is -0.640. The molecular weight excluding hydrogens is 163 g/mol. The molecule has 3 nitrogen and oxygen atoms in total. The Labute approximate surface area is 70.5 Å². The van der Waals surface area contributed by atoms with Crippen LogP contribution >= 0.6 is 0 Å². The Morgan fingerprint density at radius 1 is 1.67 bits per heavy atom. The molecule has 4 heteroatoms. The number of alkyl halides is 1. The lowest BCUT2D eigenvalue weighted by Gasteiger charge is -2.22. The van der Waals surface area contributed by atoms with Gasteiger partial charge in [0.15, 0.2) is 6.17 Å². The molecule has 0 saturated carbocycles. The van der Waals surface area contributed by atoms with Crippen LogP contribution in [0.1, 0.15) is 25.7 Å². The van der Waals surface area contributed by atoms with E-state index in [0.717, 1.165) is 19.3 Å². The van der Waals surface area contributed by atoms with E-state index in [4.69, 9.17) is 9.84 Å². The highest BCUT2D eigenvalue weighted by molar-refractivity contribution is 5.72. The van der Waals surface area contributed by atoms with Gasteiger partial charge in [-0.3, -0.25) is 0 Å². The minimum Gasteiger partial charge on any atom is -0.479 e. The molecule has 1 N–H and O–H groups in total. The van der Waals surface area contributed by atoms with Gasteiger partial charge in [0.25, 0.3) is 0 Å². The molecule has 0 aromatic rings. The molecule has 0 spiro atoms. The summed E-state index contributed by atoms with van der Waals surface area (Å²) in [6.07, 6.45) is 0.832. The summed E-state index contributed by atoms with van der Waals surface area (Å²) < 4.78 is 17.8. The number of hydrogen-bond donors (Lipinski definition) is 1. The molecule has 70 valence electrons. The van der Waals surface area contributed by atoms with Crippen molar-refractivity contribution in [1.29, 1.82) is 0 Å². The fourth-order valence-corrected chi connectivity index (χ4v) is 1.32. The summed E-state index contributed by atoms with van der Waals surface area (Å²) in [5.74, 6) is -1.39. The highest BCUT2D eigenvalue weighted by Gasteiger charge is 2.23. The lowest BCUT2D eigenvalue weighted by atomic mass is 10.0. The second kappa shape index (κ2) is 4.40.